The maximum Gasteiger partial charge on any atom is 0.258 e. The van der Waals surface area contributed by atoms with E-state index in [2.05, 4.69) is 10.2 Å². The van der Waals surface area contributed by atoms with Crippen LogP contribution in [0.15, 0.2) is 48.5 Å². The largest absolute Gasteiger partial charge is 0.484 e. The molecular weight excluding hydrogens is 402 g/mol. The topological polar surface area (TPSA) is 61.9 Å². The first-order chi connectivity index (χ1) is 14.5. The van der Waals surface area contributed by atoms with Crippen LogP contribution >= 0.6 is 11.6 Å². The van der Waals surface area contributed by atoms with E-state index in [1.54, 1.807) is 29.2 Å². The number of ether oxygens (including phenoxy) is 1. The Hall–Kier alpha value is -2.73. The minimum absolute atomic E-state index is 0.0253. The van der Waals surface area contributed by atoms with Crippen LogP contribution in [-0.2, 0) is 4.79 Å². The van der Waals surface area contributed by atoms with Crippen LogP contribution in [0.5, 0.6) is 5.75 Å². The van der Waals surface area contributed by atoms with Gasteiger partial charge >= 0.3 is 0 Å². The van der Waals surface area contributed by atoms with Crippen molar-refractivity contribution < 1.29 is 14.3 Å². The number of nitrogens with zero attached hydrogens (tertiary/aromatic N) is 2. The number of para-hydroxylation sites is 1. The Morgan fingerprint density at radius 3 is 2.47 bits per heavy atom. The number of anilines is 1. The number of benzene rings is 2. The summed E-state index contributed by atoms with van der Waals surface area (Å²) in [5.41, 5.74) is 1.68. The molecule has 1 aliphatic rings. The SMILES string of the molecule is CCN(C)C(=O)c1ccccc1N1CCC(NC(=O)COc2ccc(Cl)cc2)CC1. The third-order valence-electron chi connectivity index (χ3n) is 5.34. The lowest BCUT2D eigenvalue weighted by Gasteiger charge is -2.35. The van der Waals surface area contributed by atoms with Crippen molar-refractivity contribution in [3.8, 4) is 5.75 Å². The number of amides is 2. The number of piperidine rings is 1. The lowest BCUT2D eigenvalue weighted by Crippen LogP contribution is -2.46. The summed E-state index contributed by atoms with van der Waals surface area (Å²) < 4.78 is 5.51. The lowest BCUT2D eigenvalue weighted by atomic mass is 10.0. The second-order valence-corrected chi connectivity index (χ2v) is 7.84. The summed E-state index contributed by atoms with van der Waals surface area (Å²) in [7, 11) is 1.81. The fourth-order valence-corrected chi connectivity index (χ4v) is 3.62. The second-order valence-electron chi connectivity index (χ2n) is 7.41. The Kier molecular flexibility index (Phi) is 7.57. The van der Waals surface area contributed by atoms with E-state index in [1.165, 1.54) is 0 Å². The third kappa shape index (κ3) is 5.66. The van der Waals surface area contributed by atoms with Crippen LogP contribution in [0.1, 0.15) is 30.1 Å². The van der Waals surface area contributed by atoms with Gasteiger partial charge in [0.2, 0.25) is 0 Å². The molecule has 6 nitrogen and oxygen atoms in total. The first-order valence-corrected chi connectivity index (χ1v) is 10.6. The molecule has 0 bridgehead atoms. The van der Waals surface area contributed by atoms with Crippen molar-refractivity contribution in [3.05, 3.63) is 59.1 Å². The van der Waals surface area contributed by atoms with Gasteiger partial charge in [-0.25, -0.2) is 0 Å². The van der Waals surface area contributed by atoms with Gasteiger partial charge in [0, 0.05) is 43.4 Å². The molecule has 7 heteroatoms. The van der Waals surface area contributed by atoms with Crippen molar-refractivity contribution in [1.29, 1.82) is 0 Å². The average molecular weight is 430 g/mol. The van der Waals surface area contributed by atoms with E-state index in [-0.39, 0.29) is 24.5 Å². The normalized spacial score (nSPS) is 14.3. The number of halogens is 1. The molecule has 2 aromatic rings. The van der Waals surface area contributed by atoms with Crippen LogP contribution in [0.4, 0.5) is 5.69 Å². The van der Waals surface area contributed by atoms with E-state index in [9.17, 15) is 9.59 Å². The molecule has 1 fully saturated rings. The second kappa shape index (κ2) is 10.3. The molecule has 0 radical (unpaired) electrons. The molecular formula is C23H28ClN3O3. The van der Waals surface area contributed by atoms with Crippen molar-refractivity contribution in [2.24, 2.45) is 0 Å². The summed E-state index contributed by atoms with van der Waals surface area (Å²) in [5, 5.41) is 3.67. The molecule has 0 saturated carbocycles. The zero-order valence-electron chi connectivity index (χ0n) is 17.4. The molecule has 0 aliphatic carbocycles. The van der Waals surface area contributed by atoms with Crippen LogP contribution in [0.3, 0.4) is 0 Å². The minimum Gasteiger partial charge on any atom is -0.484 e. The number of nitrogens with one attached hydrogen (secondary N) is 1. The molecule has 3 rings (SSSR count). The van der Waals surface area contributed by atoms with Crippen LogP contribution in [0.25, 0.3) is 0 Å². The van der Waals surface area contributed by atoms with E-state index in [0.29, 0.717) is 17.3 Å². The maximum atomic E-state index is 12.7. The van der Waals surface area contributed by atoms with E-state index >= 15 is 0 Å². The molecule has 0 aromatic heterocycles. The number of hydrogen-bond acceptors (Lipinski definition) is 4. The highest BCUT2D eigenvalue weighted by Crippen LogP contribution is 2.25. The Labute approximate surface area is 182 Å². The highest BCUT2D eigenvalue weighted by atomic mass is 35.5. The van der Waals surface area contributed by atoms with Crippen LogP contribution in [0.2, 0.25) is 5.02 Å². The van der Waals surface area contributed by atoms with Gasteiger partial charge in [-0.2, -0.15) is 0 Å². The van der Waals surface area contributed by atoms with Gasteiger partial charge in [0.15, 0.2) is 6.61 Å². The zero-order chi connectivity index (χ0) is 21.5. The first-order valence-electron chi connectivity index (χ1n) is 10.2. The van der Waals surface area contributed by atoms with Gasteiger partial charge in [0.25, 0.3) is 11.8 Å². The van der Waals surface area contributed by atoms with Gasteiger partial charge in [-0.1, -0.05) is 23.7 Å². The fourth-order valence-electron chi connectivity index (χ4n) is 3.49. The van der Waals surface area contributed by atoms with Crippen molar-refractivity contribution in [3.63, 3.8) is 0 Å². The Balaban J connectivity index is 1.51. The maximum absolute atomic E-state index is 12.7. The van der Waals surface area contributed by atoms with Gasteiger partial charge in [0.1, 0.15) is 5.75 Å². The molecule has 30 heavy (non-hydrogen) atoms. The van der Waals surface area contributed by atoms with Crippen LogP contribution < -0.4 is 15.0 Å². The summed E-state index contributed by atoms with van der Waals surface area (Å²) in [6.45, 7) is 4.17. The predicted octanol–water partition coefficient (Wildman–Crippen LogP) is 3.60. The monoisotopic (exact) mass is 429 g/mol. The molecule has 2 amide bonds. The number of hydrogen-bond donors (Lipinski definition) is 1. The minimum atomic E-state index is -0.136. The smallest absolute Gasteiger partial charge is 0.258 e. The van der Waals surface area contributed by atoms with Crippen molar-refractivity contribution in [1.82, 2.24) is 10.2 Å². The first kappa shape index (κ1) is 22.0. The Morgan fingerprint density at radius 1 is 1.13 bits per heavy atom. The molecule has 1 N–H and O–H groups in total. The molecule has 1 saturated heterocycles. The lowest BCUT2D eigenvalue weighted by molar-refractivity contribution is -0.123. The molecule has 0 unspecified atom stereocenters. The third-order valence-corrected chi connectivity index (χ3v) is 5.59. The average Bonchev–Trinajstić information content (AvgIpc) is 2.78. The van der Waals surface area contributed by atoms with E-state index < -0.39 is 0 Å². The van der Waals surface area contributed by atoms with Crippen LogP contribution in [-0.4, -0.2) is 56.0 Å². The zero-order valence-corrected chi connectivity index (χ0v) is 18.2. The van der Waals surface area contributed by atoms with Crippen molar-refractivity contribution in [2.45, 2.75) is 25.8 Å². The summed E-state index contributed by atoms with van der Waals surface area (Å²) >= 11 is 5.85. The van der Waals surface area contributed by atoms with Gasteiger partial charge < -0.3 is 19.9 Å². The summed E-state index contributed by atoms with van der Waals surface area (Å²) in [4.78, 5) is 28.8. The Bertz CT molecular complexity index is 864. The number of carbonyl (C=O) groups excluding carboxylic acids is 2. The number of carbonyl (C=O) groups is 2. The van der Waals surface area contributed by atoms with Crippen molar-refractivity contribution in [2.75, 3.05) is 38.2 Å². The van der Waals surface area contributed by atoms with Gasteiger partial charge in [-0.15, -0.1) is 0 Å². The van der Waals surface area contributed by atoms with E-state index in [1.807, 2.05) is 38.2 Å². The highest BCUT2D eigenvalue weighted by Gasteiger charge is 2.24. The summed E-state index contributed by atoms with van der Waals surface area (Å²) in [5.74, 6) is 0.508. The summed E-state index contributed by atoms with van der Waals surface area (Å²) in [6.07, 6.45) is 1.64. The molecule has 2 aromatic carbocycles. The van der Waals surface area contributed by atoms with E-state index in [4.69, 9.17) is 16.3 Å². The highest BCUT2D eigenvalue weighted by molar-refractivity contribution is 6.30. The molecule has 160 valence electrons. The molecule has 0 spiro atoms. The van der Waals surface area contributed by atoms with Crippen LogP contribution in [0, 0.1) is 0 Å². The predicted molar refractivity (Wildman–Crippen MR) is 119 cm³/mol. The molecule has 0 atom stereocenters. The Morgan fingerprint density at radius 2 is 1.80 bits per heavy atom. The van der Waals surface area contributed by atoms with Gasteiger partial charge in [-0.05, 0) is 56.2 Å². The quantitative estimate of drug-likeness (QED) is 0.730. The van der Waals surface area contributed by atoms with Gasteiger partial charge in [-0.3, -0.25) is 9.59 Å². The molecule has 1 heterocycles. The number of rotatable bonds is 7. The molecule has 1 aliphatic heterocycles. The standard InChI is InChI=1S/C23H28ClN3O3/c1-3-26(2)23(29)20-6-4-5-7-21(20)27-14-12-18(13-15-27)25-22(28)16-30-19-10-8-17(24)9-11-19/h4-11,18H,3,12-16H2,1-2H3,(H,25,28). The van der Waals surface area contributed by atoms with E-state index in [0.717, 1.165) is 37.2 Å². The summed E-state index contributed by atoms with van der Waals surface area (Å²) in [6, 6.07) is 14.8. The van der Waals surface area contributed by atoms with Crippen molar-refractivity contribution >= 4 is 29.1 Å². The van der Waals surface area contributed by atoms with Gasteiger partial charge in [0.05, 0.1) is 5.56 Å². The fraction of sp³-hybridized carbons (Fsp3) is 0.391.